The average Bonchev–Trinajstić information content (AvgIpc) is 3.31. The third-order valence-electron chi connectivity index (χ3n) is 7.05. The van der Waals surface area contributed by atoms with Crippen molar-refractivity contribution < 1.29 is 27.9 Å². The van der Waals surface area contributed by atoms with Crippen LogP contribution in [-0.4, -0.2) is 48.8 Å². The van der Waals surface area contributed by atoms with Crippen molar-refractivity contribution in [3.05, 3.63) is 84.4 Å². The molecule has 3 aromatic rings. The van der Waals surface area contributed by atoms with Gasteiger partial charge in [-0.15, -0.1) is 0 Å². The first-order chi connectivity index (χ1) is 17.5. The summed E-state index contributed by atoms with van der Waals surface area (Å²) >= 11 is 0. The largest absolute Gasteiger partial charge is 0.496 e. The van der Waals surface area contributed by atoms with Crippen molar-refractivity contribution in [1.29, 1.82) is 0 Å². The van der Waals surface area contributed by atoms with E-state index in [0.717, 1.165) is 11.1 Å². The van der Waals surface area contributed by atoms with Crippen LogP contribution in [0.4, 0.5) is 0 Å². The van der Waals surface area contributed by atoms with Crippen LogP contribution in [0.1, 0.15) is 31.7 Å². The van der Waals surface area contributed by atoms with E-state index >= 15 is 0 Å². The highest BCUT2D eigenvalue weighted by Crippen LogP contribution is 2.41. The van der Waals surface area contributed by atoms with Crippen molar-refractivity contribution in [2.24, 2.45) is 5.73 Å². The molecule has 0 amide bonds. The number of aliphatic carboxylic acids is 1. The Morgan fingerprint density at radius 1 is 1.03 bits per heavy atom. The van der Waals surface area contributed by atoms with E-state index < -0.39 is 39.3 Å². The van der Waals surface area contributed by atoms with E-state index in [2.05, 4.69) is 0 Å². The number of sulfonamides is 1. The number of rotatable bonds is 9. The van der Waals surface area contributed by atoms with Crippen molar-refractivity contribution in [3.8, 4) is 16.9 Å². The molecule has 1 heterocycles. The molecule has 9 heteroatoms. The van der Waals surface area contributed by atoms with Gasteiger partial charge in [-0.2, -0.15) is 4.31 Å². The fourth-order valence-corrected chi connectivity index (χ4v) is 6.96. The second-order valence-electron chi connectivity index (χ2n) is 9.42. The number of hydrogen-bond donors (Lipinski definition) is 2. The number of hydrogen-bond acceptors (Lipinski definition) is 6. The predicted molar refractivity (Wildman–Crippen MR) is 140 cm³/mol. The van der Waals surface area contributed by atoms with Crippen LogP contribution >= 0.6 is 0 Å². The maximum atomic E-state index is 14.2. The van der Waals surface area contributed by atoms with Crippen LogP contribution in [0.3, 0.4) is 0 Å². The van der Waals surface area contributed by atoms with Gasteiger partial charge in [-0.3, -0.25) is 9.59 Å². The summed E-state index contributed by atoms with van der Waals surface area (Å²) in [5, 5.41) is 9.71. The number of carbonyl (C=O) groups is 2. The number of nitrogens with two attached hydrogens (primary N) is 1. The summed E-state index contributed by atoms with van der Waals surface area (Å²) in [6.07, 6.45) is -0.00535. The number of Topliss-reactive ketones (excluding diaryl/α,β-unsaturated/α-hetero) is 1. The van der Waals surface area contributed by atoms with Crippen LogP contribution in [0.2, 0.25) is 0 Å². The minimum absolute atomic E-state index is 0.0675. The highest BCUT2D eigenvalue weighted by molar-refractivity contribution is 7.89. The van der Waals surface area contributed by atoms with Crippen LogP contribution < -0.4 is 10.5 Å². The molecule has 1 aliphatic heterocycles. The number of carboxylic acid groups (broad SMARTS) is 1. The van der Waals surface area contributed by atoms with Crippen LogP contribution in [-0.2, 0) is 25.2 Å². The Balaban J connectivity index is 1.75. The Bertz CT molecular complexity index is 1410. The minimum atomic E-state index is -4.02. The second-order valence-corrected chi connectivity index (χ2v) is 11.3. The highest BCUT2D eigenvalue weighted by atomic mass is 32.2. The molecule has 0 bridgehead atoms. The molecule has 3 aromatic carbocycles. The molecule has 3 N–H and O–H groups in total. The third kappa shape index (κ3) is 4.77. The summed E-state index contributed by atoms with van der Waals surface area (Å²) in [6.45, 7) is 1.67. The number of ether oxygens (including phenoxy) is 1. The van der Waals surface area contributed by atoms with Crippen LogP contribution in [0.15, 0.2) is 83.8 Å². The standard InChI is InChI=1S/C28H30N2O6S/c1-27(17-8-18-30(27)37(34,35)22-9-4-3-5-10-22)26(33)28(29,19-25(31)32)21-15-13-20(14-16-21)23-11-6-7-12-24(23)36-2/h3-7,9-16H,8,17-19,29H2,1-2H3,(H,31,32)/t27-,28+/m0/s1. The zero-order valence-corrected chi connectivity index (χ0v) is 21.6. The van der Waals surface area contributed by atoms with Gasteiger partial charge in [-0.25, -0.2) is 8.42 Å². The zero-order chi connectivity index (χ0) is 26.8. The van der Waals surface area contributed by atoms with Gasteiger partial charge in [0, 0.05) is 12.1 Å². The van der Waals surface area contributed by atoms with E-state index in [1.807, 2.05) is 24.3 Å². The Morgan fingerprint density at radius 3 is 2.27 bits per heavy atom. The van der Waals surface area contributed by atoms with E-state index in [1.54, 1.807) is 49.6 Å². The second kappa shape index (κ2) is 10.1. The number of carboxylic acids is 1. The van der Waals surface area contributed by atoms with Gasteiger partial charge < -0.3 is 15.6 Å². The van der Waals surface area contributed by atoms with Gasteiger partial charge in [0.05, 0.1) is 24.0 Å². The van der Waals surface area contributed by atoms with Crippen molar-refractivity contribution in [2.45, 2.75) is 42.2 Å². The molecule has 0 unspecified atom stereocenters. The van der Waals surface area contributed by atoms with Crippen molar-refractivity contribution in [2.75, 3.05) is 13.7 Å². The first-order valence-corrected chi connectivity index (χ1v) is 13.4. The fourth-order valence-electron chi connectivity index (χ4n) is 5.13. The van der Waals surface area contributed by atoms with E-state index in [4.69, 9.17) is 10.5 Å². The minimum Gasteiger partial charge on any atom is -0.496 e. The van der Waals surface area contributed by atoms with Crippen molar-refractivity contribution >= 4 is 21.8 Å². The van der Waals surface area contributed by atoms with Crippen LogP contribution in [0.25, 0.3) is 11.1 Å². The molecule has 0 radical (unpaired) electrons. The van der Waals surface area contributed by atoms with Crippen LogP contribution in [0, 0.1) is 0 Å². The van der Waals surface area contributed by atoms with Gasteiger partial charge in [-0.05, 0) is 49.1 Å². The number of carbonyl (C=O) groups excluding carboxylic acids is 1. The van der Waals surface area contributed by atoms with E-state index in [1.165, 1.54) is 23.4 Å². The topological polar surface area (TPSA) is 127 Å². The first-order valence-electron chi connectivity index (χ1n) is 11.9. The number of benzene rings is 3. The molecule has 0 saturated carbocycles. The first kappa shape index (κ1) is 26.5. The number of methoxy groups -OCH3 is 1. The van der Waals surface area contributed by atoms with Crippen molar-refractivity contribution in [1.82, 2.24) is 4.31 Å². The maximum Gasteiger partial charge on any atom is 0.306 e. The molecule has 1 saturated heterocycles. The summed E-state index contributed by atoms with van der Waals surface area (Å²) in [6, 6.07) is 22.1. The molecule has 0 aromatic heterocycles. The van der Waals surface area contributed by atoms with Crippen molar-refractivity contribution in [3.63, 3.8) is 0 Å². The van der Waals surface area contributed by atoms with Gasteiger partial charge >= 0.3 is 5.97 Å². The summed E-state index contributed by atoms with van der Waals surface area (Å²) in [4.78, 5) is 26.1. The molecule has 0 aliphatic carbocycles. The molecule has 37 heavy (non-hydrogen) atoms. The highest BCUT2D eigenvalue weighted by Gasteiger charge is 2.56. The average molecular weight is 523 g/mol. The summed E-state index contributed by atoms with van der Waals surface area (Å²) in [7, 11) is -2.45. The number of nitrogens with zero attached hydrogens (tertiary/aromatic N) is 1. The Morgan fingerprint density at radius 2 is 1.65 bits per heavy atom. The third-order valence-corrected chi connectivity index (χ3v) is 9.08. The lowest BCUT2D eigenvalue weighted by atomic mass is 9.75. The predicted octanol–water partition coefficient (Wildman–Crippen LogP) is 3.80. The fraction of sp³-hybridized carbons (Fsp3) is 0.286. The summed E-state index contributed by atoms with van der Waals surface area (Å²) in [5.74, 6) is -1.25. The smallest absolute Gasteiger partial charge is 0.306 e. The molecular formula is C28H30N2O6S. The molecule has 0 spiro atoms. The number of ketones is 1. The normalized spacial score (nSPS) is 19.8. The molecule has 8 nitrogen and oxygen atoms in total. The van der Waals surface area contributed by atoms with Gasteiger partial charge in [0.2, 0.25) is 10.0 Å². The molecule has 1 fully saturated rings. The lowest BCUT2D eigenvalue weighted by molar-refractivity contribution is -0.144. The Hall–Kier alpha value is -3.53. The van der Waals surface area contributed by atoms with Gasteiger partial charge in [0.25, 0.3) is 0 Å². The lowest BCUT2D eigenvalue weighted by Gasteiger charge is -2.40. The lowest BCUT2D eigenvalue weighted by Crippen LogP contribution is -2.61. The van der Waals surface area contributed by atoms with Gasteiger partial charge in [0.1, 0.15) is 11.3 Å². The van der Waals surface area contributed by atoms with E-state index in [9.17, 15) is 23.1 Å². The summed E-state index contributed by atoms with van der Waals surface area (Å²) < 4.78 is 33.6. The van der Waals surface area contributed by atoms with Crippen LogP contribution in [0.5, 0.6) is 5.75 Å². The van der Waals surface area contributed by atoms with Gasteiger partial charge in [0.15, 0.2) is 5.78 Å². The van der Waals surface area contributed by atoms with E-state index in [0.29, 0.717) is 17.7 Å². The molecular weight excluding hydrogens is 492 g/mol. The molecule has 194 valence electrons. The Kier molecular flexibility index (Phi) is 7.23. The molecule has 1 aliphatic rings. The SMILES string of the molecule is COc1ccccc1-c1ccc([C@](N)(CC(=O)O)C(=O)[C@]2(C)CCCN2S(=O)(=O)c2ccccc2)cc1. The zero-order valence-electron chi connectivity index (χ0n) is 20.8. The maximum absolute atomic E-state index is 14.2. The monoisotopic (exact) mass is 522 g/mol. The van der Waals surface area contributed by atoms with E-state index in [-0.39, 0.29) is 17.9 Å². The number of para-hydroxylation sites is 1. The summed E-state index contributed by atoms with van der Waals surface area (Å²) in [5.41, 5.74) is 5.10. The van der Waals surface area contributed by atoms with Gasteiger partial charge in [-0.1, -0.05) is 60.7 Å². The molecule has 2 atom stereocenters. The quantitative estimate of drug-likeness (QED) is 0.438. The molecule has 4 rings (SSSR count). The Labute approximate surface area is 216 Å².